The average Bonchev–Trinajstić information content (AvgIpc) is 2.62. The lowest BCUT2D eigenvalue weighted by Crippen LogP contribution is -2.05. The van der Waals surface area contributed by atoms with E-state index in [9.17, 15) is 4.79 Å². The summed E-state index contributed by atoms with van der Waals surface area (Å²) in [5, 5.41) is 13.2. The standard InChI is InChI=1S/C14H15BrN2O3/c1-8-6-10(14(18)19)4-5-12(8)20-7-11-13(15)9(2)16-17(11)3/h4-6H,7H2,1-3H3,(H,18,19). The maximum absolute atomic E-state index is 10.9. The Bertz CT molecular complexity index is 665. The molecule has 0 radical (unpaired) electrons. The van der Waals surface area contributed by atoms with E-state index in [0.717, 1.165) is 21.4 Å². The predicted octanol–water partition coefficient (Wildman–Crippen LogP) is 3.08. The van der Waals surface area contributed by atoms with E-state index in [-0.39, 0.29) is 5.56 Å². The largest absolute Gasteiger partial charge is 0.487 e. The Hall–Kier alpha value is -1.82. The average molecular weight is 339 g/mol. The fourth-order valence-electron chi connectivity index (χ4n) is 1.93. The molecule has 0 bridgehead atoms. The summed E-state index contributed by atoms with van der Waals surface area (Å²) in [6, 6.07) is 4.81. The molecule has 0 aliphatic rings. The zero-order valence-corrected chi connectivity index (χ0v) is 13.1. The molecule has 2 aromatic rings. The van der Waals surface area contributed by atoms with Gasteiger partial charge in [-0.2, -0.15) is 5.10 Å². The monoisotopic (exact) mass is 338 g/mol. The van der Waals surface area contributed by atoms with Crippen LogP contribution in [-0.2, 0) is 13.7 Å². The van der Waals surface area contributed by atoms with E-state index < -0.39 is 5.97 Å². The van der Waals surface area contributed by atoms with Gasteiger partial charge in [-0.3, -0.25) is 4.68 Å². The topological polar surface area (TPSA) is 64.3 Å². The molecule has 20 heavy (non-hydrogen) atoms. The zero-order chi connectivity index (χ0) is 14.9. The van der Waals surface area contributed by atoms with Crippen molar-refractivity contribution in [2.45, 2.75) is 20.5 Å². The SMILES string of the molecule is Cc1cc(C(=O)O)ccc1OCc1c(Br)c(C)nn1C. The highest BCUT2D eigenvalue weighted by atomic mass is 79.9. The Morgan fingerprint density at radius 3 is 2.65 bits per heavy atom. The summed E-state index contributed by atoms with van der Waals surface area (Å²) in [5.74, 6) is -0.273. The maximum Gasteiger partial charge on any atom is 0.335 e. The number of aryl methyl sites for hydroxylation is 3. The normalized spacial score (nSPS) is 10.6. The molecule has 0 saturated heterocycles. The first-order valence-electron chi connectivity index (χ1n) is 6.05. The second-order valence-electron chi connectivity index (χ2n) is 4.54. The van der Waals surface area contributed by atoms with Gasteiger partial charge in [-0.05, 0) is 53.5 Å². The van der Waals surface area contributed by atoms with Crippen LogP contribution >= 0.6 is 15.9 Å². The van der Waals surface area contributed by atoms with E-state index in [4.69, 9.17) is 9.84 Å². The first-order valence-corrected chi connectivity index (χ1v) is 6.84. The van der Waals surface area contributed by atoms with E-state index >= 15 is 0 Å². The van der Waals surface area contributed by atoms with Gasteiger partial charge in [0.2, 0.25) is 0 Å². The Balaban J connectivity index is 2.17. The summed E-state index contributed by atoms with van der Waals surface area (Å²) in [5.41, 5.74) is 2.89. The van der Waals surface area contributed by atoms with Crippen LogP contribution in [-0.4, -0.2) is 20.9 Å². The van der Waals surface area contributed by atoms with Crippen molar-refractivity contribution in [3.63, 3.8) is 0 Å². The number of carboxylic acid groups (broad SMARTS) is 1. The number of hydrogen-bond acceptors (Lipinski definition) is 3. The van der Waals surface area contributed by atoms with Crippen molar-refractivity contribution >= 4 is 21.9 Å². The molecule has 1 heterocycles. The molecule has 0 spiro atoms. The molecule has 0 atom stereocenters. The lowest BCUT2D eigenvalue weighted by Gasteiger charge is -2.10. The number of rotatable bonds is 4. The molecule has 0 aliphatic heterocycles. The molecule has 106 valence electrons. The number of benzene rings is 1. The van der Waals surface area contributed by atoms with E-state index in [2.05, 4.69) is 21.0 Å². The van der Waals surface area contributed by atoms with Gasteiger partial charge in [0.1, 0.15) is 12.4 Å². The molecule has 0 saturated carbocycles. The lowest BCUT2D eigenvalue weighted by atomic mass is 10.1. The molecule has 0 aliphatic carbocycles. The van der Waals surface area contributed by atoms with Gasteiger partial charge in [0.05, 0.1) is 21.4 Å². The van der Waals surface area contributed by atoms with Crippen LogP contribution in [0.15, 0.2) is 22.7 Å². The number of halogens is 1. The summed E-state index contributed by atoms with van der Waals surface area (Å²) < 4.78 is 8.44. The quantitative estimate of drug-likeness (QED) is 0.930. The van der Waals surface area contributed by atoms with Gasteiger partial charge in [0, 0.05) is 7.05 Å². The number of carbonyl (C=O) groups is 1. The third-order valence-electron chi connectivity index (χ3n) is 3.05. The van der Waals surface area contributed by atoms with Crippen molar-refractivity contribution < 1.29 is 14.6 Å². The number of ether oxygens (including phenoxy) is 1. The third-order valence-corrected chi connectivity index (χ3v) is 4.08. The van der Waals surface area contributed by atoms with E-state index in [1.165, 1.54) is 6.07 Å². The fraction of sp³-hybridized carbons (Fsp3) is 0.286. The van der Waals surface area contributed by atoms with Crippen molar-refractivity contribution in [3.8, 4) is 5.75 Å². The number of nitrogens with zero attached hydrogens (tertiary/aromatic N) is 2. The molecule has 6 heteroatoms. The Labute approximate surface area is 125 Å². The first kappa shape index (κ1) is 14.6. The third kappa shape index (κ3) is 2.85. The predicted molar refractivity (Wildman–Crippen MR) is 78.1 cm³/mol. The molecular formula is C14H15BrN2O3. The number of hydrogen-bond donors (Lipinski definition) is 1. The Morgan fingerprint density at radius 2 is 2.15 bits per heavy atom. The van der Waals surface area contributed by atoms with Gasteiger partial charge < -0.3 is 9.84 Å². The lowest BCUT2D eigenvalue weighted by molar-refractivity contribution is 0.0696. The smallest absolute Gasteiger partial charge is 0.335 e. The van der Waals surface area contributed by atoms with Crippen molar-refractivity contribution in [1.82, 2.24) is 9.78 Å². The summed E-state index contributed by atoms with van der Waals surface area (Å²) in [6.45, 7) is 4.11. The van der Waals surface area contributed by atoms with Crippen LogP contribution in [0, 0.1) is 13.8 Å². The second-order valence-corrected chi connectivity index (χ2v) is 5.34. The second kappa shape index (κ2) is 5.66. The van der Waals surface area contributed by atoms with Crippen LogP contribution in [0.5, 0.6) is 5.75 Å². The van der Waals surface area contributed by atoms with Crippen molar-refractivity contribution in [2.24, 2.45) is 7.05 Å². The molecule has 0 unspecified atom stereocenters. The molecule has 1 aromatic carbocycles. The maximum atomic E-state index is 10.9. The Kier molecular flexibility index (Phi) is 4.13. The highest BCUT2D eigenvalue weighted by Gasteiger charge is 2.12. The van der Waals surface area contributed by atoms with Crippen LogP contribution in [0.3, 0.4) is 0 Å². The van der Waals surface area contributed by atoms with Crippen LogP contribution in [0.4, 0.5) is 0 Å². The molecular weight excluding hydrogens is 324 g/mol. The van der Waals surface area contributed by atoms with Crippen molar-refractivity contribution in [3.05, 3.63) is 45.2 Å². The van der Waals surface area contributed by atoms with Gasteiger partial charge in [-0.15, -0.1) is 0 Å². The Morgan fingerprint density at radius 1 is 1.45 bits per heavy atom. The van der Waals surface area contributed by atoms with Crippen LogP contribution in [0.2, 0.25) is 0 Å². The summed E-state index contributed by atoms with van der Waals surface area (Å²) >= 11 is 3.48. The van der Waals surface area contributed by atoms with Crippen molar-refractivity contribution in [2.75, 3.05) is 0 Å². The summed E-state index contributed by atoms with van der Waals surface area (Å²) in [4.78, 5) is 10.9. The van der Waals surface area contributed by atoms with E-state index in [0.29, 0.717) is 12.4 Å². The van der Waals surface area contributed by atoms with Gasteiger partial charge in [-0.1, -0.05) is 0 Å². The van der Waals surface area contributed by atoms with Gasteiger partial charge in [-0.25, -0.2) is 4.79 Å². The number of aromatic nitrogens is 2. The molecule has 2 rings (SSSR count). The molecule has 0 fully saturated rings. The molecule has 1 N–H and O–H groups in total. The minimum atomic E-state index is -0.940. The highest BCUT2D eigenvalue weighted by molar-refractivity contribution is 9.10. The van der Waals surface area contributed by atoms with E-state index in [1.54, 1.807) is 16.8 Å². The highest BCUT2D eigenvalue weighted by Crippen LogP contribution is 2.24. The zero-order valence-electron chi connectivity index (χ0n) is 11.5. The molecule has 5 nitrogen and oxygen atoms in total. The fourth-order valence-corrected chi connectivity index (χ4v) is 2.38. The van der Waals surface area contributed by atoms with Gasteiger partial charge in [0.15, 0.2) is 0 Å². The van der Waals surface area contributed by atoms with E-state index in [1.807, 2.05) is 20.9 Å². The van der Waals surface area contributed by atoms with Crippen LogP contribution in [0.25, 0.3) is 0 Å². The van der Waals surface area contributed by atoms with Gasteiger partial charge in [0.25, 0.3) is 0 Å². The molecule has 0 amide bonds. The summed E-state index contributed by atoms with van der Waals surface area (Å²) in [7, 11) is 1.86. The van der Waals surface area contributed by atoms with Crippen LogP contribution in [0.1, 0.15) is 27.3 Å². The molecule has 1 aromatic heterocycles. The minimum absolute atomic E-state index is 0.257. The number of aromatic carboxylic acids is 1. The minimum Gasteiger partial charge on any atom is -0.487 e. The number of carboxylic acids is 1. The first-order chi connectivity index (χ1) is 9.40. The summed E-state index contributed by atoms with van der Waals surface area (Å²) in [6.07, 6.45) is 0. The van der Waals surface area contributed by atoms with Crippen LogP contribution < -0.4 is 4.74 Å². The van der Waals surface area contributed by atoms with Gasteiger partial charge >= 0.3 is 5.97 Å². The van der Waals surface area contributed by atoms with Crippen molar-refractivity contribution in [1.29, 1.82) is 0 Å².